The maximum absolute atomic E-state index is 12.2. The topological polar surface area (TPSA) is 92.7 Å². The predicted octanol–water partition coefficient (Wildman–Crippen LogP) is 1.56. The van der Waals surface area contributed by atoms with Crippen LogP contribution in [-0.4, -0.2) is 44.9 Å². The molecule has 7 heteroatoms. The fourth-order valence-corrected chi connectivity index (χ4v) is 3.23. The second kappa shape index (κ2) is 8.14. The summed E-state index contributed by atoms with van der Waals surface area (Å²) in [7, 11) is -2.01. The van der Waals surface area contributed by atoms with Crippen LogP contribution in [0.15, 0.2) is 29.2 Å². The van der Waals surface area contributed by atoms with E-state index in [1.54, 1.807) is 12.1 Å². The molecule has 1 aromatic rings. The monoisotopic (exact) mass is 329 g/mol. The summed E-state index contributed by atoms with van der Waals surface area (Å²) in [4.78, 5) is 11.4. The smallest absolute Gasteiger partial charge is 0.320 e. The van der Waals surface area contributed by atoms with E-state index in [1.165, 1.54) is 19.2 Å². The molecule has 124 valence electrons. The minimum absolute atomic E-state index is 0.0722. The lowest BCUT2D eigenvalue weighted by atomic mass is 9.99. The summed E-state index contributed by atoms with van der Waals surface area (Å²) in [5, 5.41) is 12.0. The third-order valence-electron chi connectivity index (χ3n) is 3.61. The molecule has 0 amide bonds. The van der Waals surface area contributed by atoms with Crippen molar-refractivity contribution in [3.63, 3.8) is 0 Å². The minimum Gasteiger partial charge on any atom is -0.497 e. The van der Waals surface area contributed by atoms with Gasteiger partial charge in [-0.1, -0.05) is 26.3 Å². The van der Waals surface area contributed by atoms with E-state index in [4.69, 9.17) is 9.84 Å². The van der Waals surface area contributed by atoms with Crippen molar-refractivity contribution in [2.24, 2.45) is 5.92 Å². The van der Waals surface area contributed by atoms with Crippen LogP contribution in [0.2, 0.25) is 0 Å². The molecule has 0 aliphatic carbocycles. The van der Waals surface area contributed by atoms with Gasteiger partial charge in [0.05, 0.1) is 17.8 Å². The van der Waals surface area contributed by atoms with Crippen LogP contribution in [0.3, 0.4) is 0 Å². The molecule has 0 saturated carbocycles. The Labute approximate surface area is 131 Å². The van der Waals surface area contributed by atoms with E-state index in [-0.39, 0.29) is 23.1 Å². The molecule has 0 aliphatic rings. The highest BCUT2D eigenvalue weighted by molar-refractivity contribution is 7.91. The Kier molecular flexibility index (Phi) is 6.83. The van der Waals surface area contributed by atoms with Crippen LogP contribution < -0.4 is 10.1 Å². The highest BCUT2D eigenvalue weighted by Gasteiger charge is 2.24. The molecule has 2 atom stereocenters. The van der Waals surface area contributed by atoms with Gasteiger partial charge in [0, 0.05) is 6.54 Å². The van der Waals surface area contributed by atoms with Gasteiger partial charge in [0.1, 0.15) is 11.8 Å². The Hall–Kier alpha value is -1.60. The number of hydrogen-bond donors (Lipinski definition) is 2. The number of carboxylic acid groups (broad SMARTS) is 1. The van der Waals surface area contributed by atoms with Crippen molar-refractivity contribution >= 4 is 15.8 Å². The summed E-state index contributed by atoms with van der Waals surface area (Å²) in [5.41, 5.74) is 0. The molecule has 0 heterocycles. The number of hydrogen-bond acceptors (Lipinski definition) is 5. The van der Waals surface area contributed by atoms with Gasteiger partial charge >= 0.3 is 5.97 Å². The molecule has 0 spiro atoms. The second-order valence-corrected chi connectivity index (χ2v) is 7.26. The number of aliphatic carboxylic acids is 1. The van der Waals surface area contributed by atoms with Gasteiger partial charge in [-0.25, -0.2) is 8.42 Å². The number of methoxy groups -OCH3 is 1. The van der Waals surface area contributed by atoms with Crippen LogP contribution >= 0.6 is 0 Å². The fourth-order valence-electron chi connectivity index (χ4n) is 2.03. The molecule has 22 heavy (non-hydrogen) atoms. The average molecular weight is 329 g/mol. The maximum atomic E-state index is 12.2. The van der Waals surface area contributed by atoms with Gasteiger partial charge in [-0.3, -0.25) is 4.79 Å². The zero-order valence-electron chi connectivity index (χ0n) is 13.1. The standard InChI is InChI=1S/C15H23NO5S/c1-4-11(2)14(15(17)18)16-8-9-22(19,20)13-7-5-6-12(10-13)21-3/h5-7,10-11,14,16H,4,8-9H2,1-3H3,(H,17,18)/t11-,14-/m0/s1. The first-order valence-corrected chi connectivity index (χ1v) is 8.80. The van der Waals surface area contributed by atoms with E-state index in [0.717, 1.165) is 0 Å². The molecule has 0 aromatic heterocycles. The van der Waals surface area contributed by atoms with Gasteiger partial charge in [-0.2, -0.15) is 0 Å². The lowest BCUT2D eigenvalue weighted by Crippen LogP contribution is -2.43. The molecule has 0 radical (unpaired) electrons. The Morgan fingerprint density at radius 2 is 2.09 bits per heavy atom. The van der Waals surface area contributed by atoms with E-state index >= 15 is 0 Å². The molecule has 1 rings (SSSR count). The second-order valence-electron chi connectivity index (χ2n) is 5.15. The number of sulfone groups is 1. The normalized spacial score (nSPS) is 14.3. The van der Waals surface area contributed by atoms with Crippen LogP contribution in [0.4, 0.5) is 0 Å². The van der Waals surface area contributed by atoms with Gasteiger partial charge in [0.2, 0.25) is 0 Å². The van der Waals surface area contributed by atoms with Gasteiger partial charge in [0.15, 0.2) is 9.84 Å². The van der Waals surface area contributed by atoms with Crippen molar-refractivity contribution in [3.05, 3.63) is 24.3 Å². The zero-order valence-corrected chi connectivity index (χ0v) is 13.9. The van der Waals surface area contributed by atoms with Crippen molar-refractivity contribution in [1.29, 1.82) is 0 Å². The van der Waals surface area contributed by atoms with E-state index in [1.807, 2.05) is 13.8 Å². The van der Waals surface area contributed by atoms with E-state index in [9.17, 15) is 13.2 Å². The quantitative estimate of drug-likeness (QED) is 0.714. The van der Waals surface area contributed by atoms with Gasteiger partial charge in [0.25, 0.3) is 0 Å². The highest BCUT2D eigenvalue weighted by Crippen LogP contribution is 2.18. The number of nitrogens with one attached hydrogen (secondary N) is 1. The molecule has 0 bridgehead atoms. The third-order valence-corrected chi connectivity index (χ3v) is 5.33. The van der Waals surface area contributed by atoms with Gasteiger partial charge < -0.3 is 15.2 Å². The minimum atomic E-state index is -3.48. The molecular weight excluding hydrogens is 306 g/mol. The number of carbonyl (C=O) groups is 1. The van der Waals surface area contributed by atoms with Crippen LogP contribution in [0.25, 0.3) is 0 Å². The van der Waals surface area contributed by atoms with Crippen LogP contribution in [0, 0.1) is 5.92 Å². The van der Waals surface area contributed by atoms with Crippen LogP contribution in [0.5, 0.6) is 5.75 Å². The molecular formula is C15H23NO5S. The van der Waals surface area contributed by atoms with Crippen molar-refractivity contribution in [1.82, 2.24) is 5.32 Å². The molecule has 0 unspecified atom stereocenters. The SMILES string of the molecule is CC[C@H](C)[C@H](NCCS(=O)(=O)c1cccc(OC)c1)C(=O)O. The first-order chi connectivity index (χ1) is 10.3. The maximum Gasteiger partial charge on any atom is 0.320 e. The first-order valence-electron chi connectivity index (χ1n) is 7.14. The molecule has 0 aliphatic heterocycles. The van der Waals surface area contributed by atoms with Crippen molar-refractivity contribution in [3.8, 4) is 5.75 Å². The van der Waals surface area contributed by atoms with Crippen molar-refractivity contribution in [2.45, 2.75) is 31.2 Å². The summed E-state index contributed by atoms with van der Waals surface area (Å²) in [6, 6.07) is 5.49. The number of ether oxygens (including phenoxy) is 1. The fraction of sp³-hybridized carbons (Fsp3) is 0.533. The van der Waals surface area contributed by atoms with Crippen LogP contribution in [-0.2, 0) is 14.6 Å². The molecule has 6 nitrogen and oxygen atoms in total. The highest BCUT2D eigenvalue weighted by atomic mass is 32.2. The van der Waals surface area contributed by atoms with Gasteiger partial charge in [-0.05, 0) is 24.1 Å². The van der Waals surface area contributed by atoms with Crippen LogP contribution in [0.1, 0.15) is 20.3 Å². The Balaban J connectivity index is 2.71. The number of benzene rings is 1. The van der Waals surface area contributed by atoms with Crippen molar-refractivity contribution in [2.75, 3.05) is 19.4 Å². The van der Waals surface area contributed by atoms with E-state index < -0.39 is 21.8 Å². The number of rotatable bonds is 9. The van der Waals surface area contributed by atoms with Gasteiger partial charge in [-0.15, -0.1) is 0 Å². The average Bonchev–Trinajstić information content (AvgIpc) is 2.50. The summed E-state index contributed by atoms with van der Waals surface area (Å²) in [5.74, 6) is -0.734. The third kappa shape index (κ3) is 4.99. The van der Waals surface area contributed by atoms with E-state index in [2.05, 4.69) is 5.32 Å². The Morgan fingerprint density at radius 1 is 1.41 bits per heavy atom. The largest absolute Gasteiger partial charge is 0.497 e. The molecule has 0 fully saturated rings. The summed E-state index contributed by atoms with van der Waals surface area (Å²) < 4.78 is 29.5. The molecule has 2 N–H and O–H groups in total. The first kappa shape index (κ1) is 18.4. The molecule has 1 aromatic carbocycles. The lowest BCUT2D eigenvalue weighted by Gasteiger charge is -2.20. The summed E-state index contributed by atoms with van der Waals surface area (Å²) in [6.07, 6.45) is 0.701. The Morgan fingerprint density at radius 3 is 2.64 bits per heavy atom. The predicted molar refractivity (Wildman–Crippen MR) is 83.9 cm³/mol. The summed E-state index contributed by atoms with van der Waals surface area (Å²) in [6.45, 7) is 3.80. The molecule has 0 saturated heterocycles. The Bertz CT molecular complexity index is 600. The lowest BCUT2D eigenvalue weighted by molar-refractivity contribution is -0.140. The summed E-state index contributed by atoms with van der Waals surface area (Å²) >= 11 is 0. The number of carboxylic acids is 1. The van der Waals surface area contributed by atoms with E-state index in [0.29, 0.717) is 12.2 Å². The van der Waals surface area contributed by atoms with Crippen molar-refractivity contribution < 1.29 is 23.1 Å². The zero-order chi connectivity index (χ0) is 16.8.